The Balaban J connectivity index is 2.30. The van der Waals surface area contributed by atoms with Gasteiger partial charge in [0.2, 0.25) is 0 Å². The molecule has 1 heterocycles. The van der Waals surface area contributed by atoms with Crippen LogP contribution in [0.4, 0.5) is 5.69 Å². The molecule has 0 aliphatic carbocycles. The molecule has 0 spiro atoms. The average molecular weight is 227 g/mol. The molecule has 1 aromatic carbocycles. The van der Waals surface area contributed by atoms with Crippen LogP contribution in [0.1, 0.15) is 31.2 Å². The molecule has 0 aromatic heterocycles. The van der Waals surface area contributed by atoms with E-state index in [1.165, 1.54) is 19.3 Å². The normalized spacial score (nSPS) is 18.8. The van der Waals surface area contributed by atoms with Crippen molar-refractivity contribution in [3.63, 3.8) is 0 Å². The van der Waals surface area contributed by atoms with E-state index in [-0.39, 0.29) is 0 Å². The number of aliphatic imine (C=N–C) groups is 1. The lowest BCUT2D eigenvalue weighted by Crippen LogP contribution is -2.25. The van der Waals surface area contributed by atoms with E-state index >= 15 is 0 Å². The van der Waals surface area contributed by atoms with Crippen molar-refractivity contribution >= 4 is 11.5 Å². The molecular weight excluding hydrogens is 210 g/mol. The van der Waals surface area contributed by atoms with Crippen LogP contribution in [0.2, 0.25) is 0 Å². The van der Waals surface area contributed by atoms with Crippen LogP contribution in [0, 0.1) is 11.3 Å². The van der Waals surface area contributed by atoms with Gasteiger partial charge in [0.15, 0.2) is 0 Å². The molecule has 1 aliphatic heterocycles. The Morgan fingerprint density at radius 2 is 2.06 bits per heavy atom. The first-order valence-corrected chi connectivity index (χ1v) is 6.09. The Morgan fingerprint density at radius 1 is 1.24 bits per heavy atom. The van der Waals surface area contributed by atoms with Crippen LogP contribution in [0.25, 0.3) is 0 Å². The third-order valence-electron chi connectivity index (χ3n) is 3.11. The van der Waals surface area contributed by atoms with Crippen LogP contribution in [-0.2, 0) is 0 Å². The molecule has 0 atom stereocenters. The lowest BCUT2D eigenvalue weighted by Gasteiger charge is -2.18. The van der Waals surface area contributed by atoms with Crippen molar-refractivity contribution in [1.82, 2.24) is 4.90 Å². The zero-order valence-corrected chi connectivity index (χ0v) is 10.2. The molecule has 1 aromatic rings. The van der Waals surface area contributed by atoms with Crippen molar-refractivity contribution in [3.05, 3.63) is 29.8 Å². The van der Waals surface area contributed by atoms with Crippen LogP contribution in [0.3, 0.4) is 0 Å². The quantitative estimate of drug-likeness (QED) is 0.739. The summed E-state index contributed by atoms with van der Waals surface area (Å²) >= 11 is 0. The van der Waals surface area contributed by atoms with Crippen LogP contribution >= 0.6 is 0 Å². The zero-order valence-electron chi connectivity index (χ0n) is 10.2. The third-order valence-corrected chi connectivity index (χ3v) is 3.11. The van der Waals surface area contributed by atoms with Crippen molar-refractivity contribution in [2.75, 3.05) is 13.6 Å². The summed E-state index contributed by atoms with van der Waals surface area (Å²) in [6.07, 6.45) is 4.70. The lowest BCUT2D eigenvalue weighted by atomic mass is 10.2. The number of nitriles is 1. The lowest BCUT2D eigenvalue weighted by molar-refractivity contribution is 0.494. The van der Waals surface area contributed by atoms with Gasteiger partial charge in [-0.05, 0) is 25.0 Å². The van der Waals surface area contributed by atoms with E-state index in [1.807, 2.05) is 24.3 Å². The Hall–Kier alpha value is -1.82. The highest BCUT2D eigenvalue weighted by atomic mass is 15.2. The van der Waals surface area contributed by atoms with E-state index in [0.29, 0.717) is 5.56 Å². The topological polar surface area (TPSA) is 39.4 Å². The van der Waals surface area contributed by atoms with Gasteiger partial charge in [0.1, 0.15) is 11.9 Å². The summed E-state index contributed by atoms with van der Waals surface area (Å²) in [5.41, 5.74) is 1.44. The zero-order chi connectivity index (χ0) is 12.1. The van der Waals surface area contributed by atoms with Crippen molar-refractivity contribution in [3.8, 4) is 6.07 Å². The molecule has 0 radical (unpaired) electrons. The molecule has 1 fully saturated rings. The fourth-order valence-electron chi connectivity index (χ4n) is 2.07. The number of amidine groups is 1. The van der Waals surface area contributed by atoms with Gasteiger partial charge < -0.3 is 4.90 Å². The fourth-order valence-corrected chi connectivity index (χ4v) is 2.07. The fraction of sp³-hybridized carbons (Fsp3) is 0.429. The van der Waals surface area contributed by atoms with E-state index in [0.717, 1.165) is 24.5 Å². The predicted molar refractivity (Wildman–Crippen MR) is 69.4 cm³/mol. The minimum absolute atomic E-state index is 0.651. The number of hydrogen-bond acceptors (Lipinski definition) is 2. The summed E-state index contributed by atoms with van der Waals surface area (Å²) in [5.74, 6) is 1.10. The second-order valence-electron chi connectivity index (χ2n) is 4.39. The van der Waals surface area contributed by atoms with E-state index in [1.54, 1.807) is 0 Å². The molecule has 3 nitrogen and oxygen atoms in total. The van der Waals surface area contributed by atoms with Gasteiger partial charge in [-0.15, -0.1) is 0 Å². The molecule has 0 amide bonds. The van der Waals surface area contributed by atoms with Gasteiger partial charge in [-0.1, -0.05) is 18.6 Å². The highest BCUT2D eigenvalue weighted by Crippen LogP contribution is 2.20. The Labute approximate surface area is 102 Å². The molecule has 0 unspecified atom stereocenters. The van der Waals surface area contributed by atoms with E-state index in [4.69, 9.17) is 5.26 Å². The molecular formula is C14H17N3. The molecule has 2 rings (SSSR count). The molecule has 0 N–H and O–H groups in total. The summed E-state index contributed by atoms with van der Waals surface area (Å²) in [4.78, 5) is 6.86. The molecule has 0 bridgehead atoms. The first kappa shape index (κ1) is 11.7. The Bertz CT molecular complexity index is 457. The number of para-hydroxylation sites is 1. The predicted octanol–water partition coefficient (Wildman–Crippen LogP) is 3.09. The van der Waals surface area contributed by atoms with Gasteiger partial charge in [0, 0.05) is 20.0 Å². The maximum Gasteiger partial charge on any atom is 0.105 e. The van der Waals surface area contributed by atoms with Gasteiger partial charge >= 0.3 is 0 Å². The Kier molecular flexibility index (Phi) is 3.77. The number of hydrogen-bond donors (Lipinski definition) is 0. The minimum atomic E-state index is 0.651. The third kappa shape index (κ3) is 2.85. The molecule has 1 saturated heterocycles. The summed E-state index contributed by atoms with van der Waals surface area (Å²) in [7, 11) is 2.08. The summed E-state index contributed by atoms with van der Waals surface area (Å²) in [6, 6.07) is 9.71. The van der Waals surface area contributed by atoms with E-state index in [9.17, 15) is 0 Å². The summed E-state index contributed by atoms with van der Waals surface area (Å²) in [6.45, 7) is 1.06. The van der Waals surface area contributed by atoms with E-state index < -0.39 is 0 Å². The number of rotatable bonds is 1. The standard InChI is InChI=1S/C14H17N3/c1-17-10-6-2-3-9-14(17)16-13-8-5-4-7-12(13)11-15/h4-5,7-8H,2-3,6,9-10H2,1H3. The highest BCUT2D eigenvalue weighted by Gasteiger charge is 2.11. The van der Waals surface area contributed by atoms with Gasteiger partial charge in [0.25, 0.3) is 0 Å². The number of nitrogens with zero attached hydrogens (tertiary/aromatic N) is 3. The number of benzene rings is 1. The summed E-state index contributed by atoms with van der Waals surface area (Å²) < 4.78 is 0. The van der Waals surface area contributed by atoms with Gasteiger partial charge in [-0.2, -0.15) is 5.26 Å². The number of likely N-dealkylation sites (tertiary alicyclic amines) is 1. The second kappa shape index (κ2) is 5.49. The molecule has 17 heavy (non-hydrogen) atoms. The van der Waals surface area contributed by atoms with Crippen LogP contribution in [-0.4, -0.2) is 24.3 Å². The van der Waals surface area contributed by atoms with Crippen LogP contribution < -0.4 is 0 Å². The monoisotopic (exact) mass is 227 g/mol. The second-order valence-corrected chi connectivity index (χ2v) is 4.39. The van der Waals surface area contributed by atoms with Gasteiger partial charge in [0.05, 0.1) is 11.3 Å². The first-order valence-electron chi connectivity index (χ1n) is 6.09. The molecule has 88 valence electrons. The van der Waals surface area contributed by atoms with Gasteiger partial charge in [-0.3, -0.25) is 0 Å². The largest absolute Gasteiger partial charge is 0.363 e. The van der Waals surface area contributed by atoms with Crippen molar-refractivity contribution in [2.24, 2.45) is 4.99 Å². The maximum atomic E-state index is 9.04. The molecule has 0 saturated carbocycles. The first-order chi connectivity index (χ1) is 8.31. The smallest absolute Gasteiger partial charge is 0.105 e. The van der Waals surface area contributed by atoms with E-state index in [2.05, 4.69) is 23.0 Å². The molecule has 1 aliphatic rings. The summed E-state index contributed by atoms with van der Waals surface area (Å²) in [5, 5.41) is 9.04. The van der Waals surface area contributed by atoms with Crippen LogP contribution in [0.15, 0.2) is 29.3 Å². The van der Waals surface area contributed by atoms with Crippen LogP contribution in [0.5, 0.6) is 0 Å². The highest BCUT2D eigenvalue weighted by molar-refractivity contribution is 5.85. The minimum Gasteiger partial charge on any atom is -0.363 e. The van der Waals surface area contributed by atoms with Gasteiger partial charge in [-0.25, -0.2) is 4.99 Å². The Morgan fingerprint density at radius 3 is 2.88 bits per heavy atom. The van der Waals surface area contributed by atoms with Crippen molar-refractivity contribution in [1.29, 1.82) is 5.26 Å². The average Bonchev–Trinajstić information content (AvgIpc) is 2.56. The SMILES string of the molecule is CN1CCCCCC1=Nc1ccccc1C#N. The maximum absolute atomic E-state index is 9.04. The molecule has 3 heteroatoms. The van der Waals surface area contributed by atoms with Crippen molar-refractivity contribution < 1.29 is 0 Å². The van der Waals surface area contributed by atoms with Crippen molar-refractivity contribution in [2.45, 2.75) is 25.7 Å².